The van der Waals surface area contributed by atoms with E-state index in [1.165, 1.54) is 0 Å². The van der Waals surface area contributed by atoms with Gasteiger partial charge in [-0.05, 0) is 32.9 Å². The molecule has 3 nitrogen and oxygen atoms in total. The van der Waals surface area contributed by atoms with Gasteiger partial charge in [-0.1, -0.05) is 22.0 Å². The van der Waals surface area contributed by atoms with E-state index in [0.717, 1.165) is 22.3 Å². The van der Waals surface area contributed by atoms with Crippen LogP contribution in [0.4, 0.5) is 5.69 Å². The second-order valence-corrected chi connectivity index (χ2v) is 5.64. The third kappa shape index (κ3) is 4.59. The van der Waals surface area contributed by atoms with E-state index in [2.05, 4.69) is 20.8 Å². The molecule has 0 aromatic heterocycles. The highest BCUT2D eigenvalue weighted by Crippen LogP contribution is 2.28. The van der Waals surface area contributed by atoms with Crippen LogP contribution in [0.3, 0.4) is 0 Å². The molecular formula is C14H22BrNO2. The topological polar surface area (TPSA) is 32.7 Å². The van der Waals surface area contributed by atoms with E-state index in [1.54, 1.807) is 6.92 Å². The smallest absolute Gasteiger partial charge is 0.0782 e. The van der Waals surface area contributed by atoms with Crippen LogP contribution < -0.4 is 4.90 Å². The van der Waals surface area contributed by atoms with Crippen LogP contribution in [0, 0.1) is 0 Å². The Hall–Kier alpha value is -0.580. The second kappa shape index (κ2) is 7.12. The number of hydrogen-bond acceptors (Lipinski definition) is 3. The Morgan fingerprint density at radius 1 is 1.33 bits per heavy atom. The van der Waals surface area contributed by atoms with Crippen LogP contribution in [0.15, 0.2) is 22.7 Å². The van der Waals surface area contributed by atoms with Gasteiger partial charge in [0.2, 0.25) is 0 Å². The summed E-state index contributed by atoms with van der Waals surface area (Å²) in [5, 5.41) is 9.78. The highest BCUT2D eigenvalue weighted by molar-refractivity contribution is 9.10. The lowest BCUT2D eigenvalue weighted by molar-refractivity contribution is 0.0845. The monoisotopic (exact) mass is 315 g/mol. The summed E-state index contributed by atoms with van der Waals surface area (Å²) in [6, 6.07) is 5.92. The largest absolute Gasteiger partial charge is 0.389 e. The van der Waals surface area contributed by atoms with Crippen LogP contribution in [0.5, 0.6) is 0 Å². The molecule has 1 N–H and O–H groups in total. The van der Waals surface area contributed by atoms with E-state index in [0.29, 0.717) is 6.61 Å². The molecule has 0 spiro atoms. The number of likely N-dealkylation sites (N-methyl/N-ethyl adjacent to an activating group) is 1. The Balaban J connectivity index is 2.77. The minimum Gasteiger partial charge on any atom is -0.389 e. The molecule has 4 heteroatoms. The van der Waals surface area contributed by atoms with Gasteiger partial charge < -0.3 is 14.7 Å². The molecule has 0 saturated carbocycles. The van der Waals surface area contributed by atoms with Gasteiger partial charge in [-0.3, -0.25) is 0 Å². The average molecular weight is 316 g/mol. The van der Waals surface area contributed by atoms with Crippen LogP contribution in [-0.4, -0.2) is 31.4 Å². The Bertz CT molecular complexity index is 380. The molecule has 102 valence electrons. The lowest BCUT2D eigenvalue weighted by Crippen LogP contribution is -2.25. The SMILES string of the molecule is CC(C)OCCN(C)c1cc(Br)ccc1C(C)O. The van der Waals surface area contributed by atoms with Gasteiger partial charge in [-0.15, -0.1) is 0 Å². The lowest BCUT2D eigenvalue weighted by Gasteiger charge is -2.24. The molecule has 0 saturated heterocycles. The number of ether oxygens (including phenoxy) is 1. The van der Waals surface area contributed by atoms with Crippen molar-refractivity contribution < 1.29 is 9.84 Å². The molecule has 1 rings (SSSR count). The molecular weight excluding hydrogens is 294 g/mol. The van der Waals surface area contributed by atoms with Crippen molar-refractivity contribution >= 4 is 21.6 Å². The van der Waals surface area contributed by atoms with Crippen molar-refractivity contribution in [3.05, 3.63) is 28.2 Å². The van der Waals surface area contributed by atoms with Crippen molar-refractivity contribution in [1.29, 1.82) is 0 Å². The number of nitrogens with zero attached hydrogens (tertiary/aromatic N) is 1. The standard InChI is InChI=1S/C14H22BrNO2/c1-10(2)18-8-7-16(4)14-9-12(15)5-6-13(14)11(3)17/h5-6,9-11,17H,7-8H2,1-4H3. The van der Waals surface area contributed by atoms with E-state index in [4.69, 9.17) is 4.74 Å². The van der Waals surface area contributed by atoms with Gasteiger partial charge in [-0.2, -0.15) is 0 Å². The van der Waals surface area contributed by atoms with Crippen LogP contribution >= 0.6 is 15.9 Å². The highest BCUT2D eigenvalue weighted by atomic mass is 79.9. The first-order valence-corrected chi connectivity index (χ1v) is 7.01. The third-order valence-corrected chi connectivity index (χ3v) is 3.22. The van der Waals surface area contributed by atoms with Gasteiger partial charge in [0.1, 0.15) is 0 Å². The van der Waals surface area contributed by atoms with E-state index in [9.17, 15) is 5.11 Å². The summed E-state index contributed by atoms with van der Waals surface area (Å²) < 4.78 is 6.56. The fraction of sp³-hybridized carbons (Fsp3) is 0.571. The maximum absolute atomic E-state index is 9.78. The fourth-order valence-electron chi connectivity index (χ4n) is 1.75. The fourth-order valence-corrected chi connectivity index (χ4v) is 2.10. The first-order valence-electron chi connectivity index (χ1n) is 6.22. The summed E-state index contributed by atoms with van der Waals surface area (Å²) >= 11 is 3.47. The zero-order valence-corrected chi connectivity index (χ0v) is 13.1. The van der Waals surface area contributed by atoms with Crippen molar-refractivity contribution in [3.8, 4) is 0 Å². The zero-order chi connectivity index (χ0) is 13.7. The minimum absolute atomic E-state index is 0.247. The number of rotatable bonds is 6. The van der Waals surface area contributed by atoms with E-state index in [1.807, 2.05) is 39.1 Å². The predicted molar refractivity (Wildman–Crippen MR) is 79.1 cm³/mol. The molecule has 0 heterocycles. The van der Waals surface area contributed by atoms with Crippen LogP contribution in [0.1, 0.15) is 32.4 Å². The Morgan fingerprint density at radius 2 is 2.00 bits per heavy atom. The van der Waals surface area contributed by atoms with Crippen molar-refractivity contribution in [3.63, 3.8) is 0 Å². The first kappa shape index (κ1) is 15.5. The number of aliphatic hydroxyl groups excluding tert-OH is 1. The summed E-state index contributed by atoms with van der Waals surface area (Å²) in [5.41, 5.74) is 1.97. The quantitative estimate of drug-likeness (QED) is 0.873. The Labute approximate surface area is 118 Å². The number of hydrogen-bond donors (Lipinski definition) is 1. The van der Waals surface area contributed by atoms with Crippen LogP contribution in [0.25, 0.3) is 0 Å². The van der Waals surface area contributed by atoms with E-state index < -0.39 is 6.10 Å². The average Bonchev–Trinajstić information content (AvgIpc) is 2.27. The molecule has 0 aliphatic heterocycles. The molecule has 0 fully saturated rings. The highest BCUT2D eigenvalue weighted by Gasteiger charge is 2.12. The lowest BCUT2D eigenvalue weighted by atomic mass is 10.1. The molecule has 1 aromatic rings. The van der Waals surface area contributed by atoms with Gasteiger partial charge in [0.05, 0.1) is 18.8 Å². The normalized spacial score (nSPS) is 12.8. The van der Waals surface area contributed by atoms with Gasteiger partial charge in [-0.25, -0.2) is 0 Å². The van der Waals surface area contributed by atoms with Crippen molar-refractivity contribution in [2.24, 2.45) is 0 Å². The molecule has 0 amide bonds. The molecule has 0 aliphatic carbocycles. The number of aliphatic hydroxyl groups is 1. The summed E-state index contributed by atoms with van der Waals surface area (Å²) in [5.74, 6) is 0. The molecule has 1 atom stereocenters. The summed E-state index contributed by atoms with van der Waals surface area (Å²) in [7, 11) is 2.01. The maximum atomic E-state index is 9.78. The molecule has 0 bridgehead atoms. The van der Waals surface area contributed by atoms with Crippen LogP contribution in [-0.2, 0) is 4.74 Å². The number of benzene rings is 1. The minimum atomic E-state index is -0.471. The van der Waals surface area contributed by atoms with E-state index >= 15 is 0 Å². The molecule has 18 heavy (non-hydrogen) atoms. The number of anilines is 1. The Morgan fingerprint density at radius 3 is 2.56 bits per heavy atom. The molecule has 0 radical (unpaired) electrons. The number of halogens is 1. The summed E-state index contributed by atoms with van der Waals surface area (Å²) in [6.45, 7) is 7.32. The van der Waals surface area contributed by atoms with Crippen molar-refractivity contribution in [1.82, 2.24) is 0 Å². The summed E-state index contributed by atoms with van der Waals surface area (Å²) in [4.78, 5) is 2.11. The maximum Gasteiger partial charge on any atom is 0.0782 e. The van der Waals surface area contributed by atoms with Gasteiger partial charge in [0.25, 0.3) is 0 Å². The summed E-state index contributed by atoms with van der Waals surface area (Å²) in [6.07, 6.45) is -0.223. The molecule has 0 aliphatic rings. The van der Waals surface area contributed by atoms with Crippen molar-refractivity contribution in [2.45, 2.75) is 33.0 Å². The predicted octanol–water partition coefficient (Wildman–Crippen LogP) is 3.36. The zero-order valence-electron chi connectivity index (χ0n) is 11.5. The van der Waals surface area contributed by atoms with E-state index in [-0.39, 0.29) is 6.10 Å². The van der Waals surface area contributed by atoms with Gasteiger partial charge >= 0.3 is 0 Å². The van der Waals surface area contributed by atoms with Crippen LogP contribution in [0.2, 0.25) is 0 Å². The van der Waals surface area contributed by atoms with Crippen molar-refractivity contribution in [2.75, 3.05) is 25.1 Å². The molecule has 1 aromatic carbocycles. The first-order chi connectivity index (χ1) is 8.41. The Kier molecular flexibility index (Phi) is 6.12. The second-order valence-electron chi connectivity index (χ2n) is 4.72. The molecule has 1 unspecified atom stereocenters. The van der Waals surface area contributed by atoms with Gasteiger partial charge in [0, 0.05) is 29.3 Å². The third-order valence-electron chi connectivity index (χ3n) is 2.73. The van der Waals surface area contributed by atoms with Gasteiger partial charge in [0.15, 0.2) is 0 Å².